The monoisotopic (exact) mass is 487 g/mol. The lowest BCUT2D eigenvalue weighted by Gasteiger charge is -2.22. The smallest absolute Gasteiger partial charge is 0.434 e. The molecule has 10 heteroatoms. The molecule has 4 aromatic rings. The highest BCUT2D eigenvalue weighted by Gasteiger charge is 2.38. The number of benzene rings is 1. The maximum atomic E-state index is 13.7. The third-order valence-corrected chi connectivity index (χ3v) is 5.82. The van der Waals surface area contributed by atoms with Gasteiger partial charge < -0.3 is 10.1 Å². The number of anilines is 2. The zero-order valence-corrected chi connectivity index (χ0v) is 19.3. The van der Waals surface area contributed by atoms with Crippen LogP contribution in [0.15, 0.2) is 60.9 Å². The van der Waals surface area contributed by atoms with E-state index >= 15 is 0 Å². The molecular formula is C24H20F4N4OS. The topological polar surface area (TPSA) is 59.9 Å². The summed E-state index contributed by atoms with van der Waals surface area (Å²) in [6.45, 7) is 6.15. The van der Waals surface area contributed by atoms with E-state index < -0.39 is 17.8 Å². The van der Waals surface area contributed by atoms with E-state index in [1.54, 1.807) is 12.1 Å². The van der Waals surface area contributed by atoms with Crippen molar-refractivity contribution < 1.29 is 22.3 Å². The van der Waals surface area contributed by atoms with Crippen LogP contribution in [0, 0.1) is 5.95 Å². The van der Waals surface area contributed by atoms with E-state index in [4.69, 9.17) is 4.74 Å². The molecular weight excluding hydrogens is 467 g/mol. The van der Waals surface area contributed by atoms with Gasteiger partial charge in [-0.05, 0) is 35.7 Å². The predicted molar refractivity (Wildman–Crippen MR) is 123 cm³/mol. The number of rotatable bonds is 5. The van der Waals surface area contributed by atoms with E-state index in [-0.39, 0.29) is 26.9 Å². The maximum absolute atomic E-state index is 13.7. The van der Waals surface area contributed by atoms with E-state index in [0.29, 0.717) is 11.4 Å². The molecule has 176 valence electrons. The number of halogens is 4. The van der Waals surface area contributed by atoms with Crippen LogP contribution in [0.3, 0.4) is 0 Å². The minimum atomic E-state index is -4.71. The molecule has 0 bridgehead atoms. The number of hydrogen-bond acceptors (Lipinski definition) is 6. The van der Waals surface area contributed by atoms with Crippen molar-refractivity contribution >= 4 is 22.2 Å². The van der Waals surface area contributed by atoms with Gasteiger partial charge in [-0.15, -0.1) is 0 Å². The number of nitrogens with zero attached hydrogens (tertiary/aromatic N) is 3. The largest absolute Gasteiger partial charge is 0.437 e. The molecule has 0 amide bonds. The third-order valence-electron chi connectivity index (χ3n) is 4.80. The zero-order valence-electron chi connectivity index (χ0n) is 18.4. The Labute approximate surface area is 197 Å². The first-order valence-electron chi connectivity index (χ1n) is 10.2. The van der Waals surface area contributed by atoms with Crippen molar-refractivity contribution in [2.45, 2.75) is 32.4 Å². The van der Waals surface area contributed by atoms with Gasteiger partial charge in [0, 0.05) is 23.5 Å². The first-order valence-corrected chi connectivity index (χ1v) is 11.0. The number of thiazole rings is 1. The molecule has 4 rings (SSSR count). The van der Waals surface area contributed by atoms with Crippen molar-refractivity contribution in [3.8, 4) is 22.1 Å². The van der Waals surface area contributed by atoms with Crippen LogP contribution in [-0.4, -0.2) is 15.0 Å². The molecule has 1 N–H and O–H groups in total. The number of para-hydroxylation sites is 1. The van der Waals surface area contributed by atoms with Crippen molar-refractivity contribution in [3.63, 3.8) is 0 Å². The molecule has 0 radical (unpaired) electrons. The molecule has 0 unspecified atom stereocenters. The summed E-state index contributed by atoms with van der Waals surface area (Å²) in [7, 11) is 0. The lowest BCUT2D eigenvalue weighted by Crippen LogP contribution is -2.12. The highest BCUT2D eigenvalue weighted by atomic mass is 32.1. The Morgan fingerprint density at radius 2 is 1.71 bits per heavy atom. The number of hydrogen-bond donors (Lipinski definition) is 1. The maximum Gasteiger partial charge on any atom is 0.434 e. The molecule has 0 spiro atoms. The van der Waals surface area contributed by atoms with E-state index in [0.717, 1.165) is 29.2 Å². The molecule has 34 heavy (non-hydrogen) atoms. The molecule has 0 aliphatic carbocycles. The number of aromatic nitrogens is 3. The lowest BCUT2D eigenvalue weighted by atomic mass is 9.86. The number of ether oxygens (including phenoxy) is 1. The van der Waals surface area contributed by atoms with E-state index in [9.17, 15) is 17.6 Å². The fourth-order valence-electron chi connectivity index (χ4n) is 3.23. The van der Waals surface area contributed by atoms with Gasteiger partial charge in [0.1, 0.15) is 11.4 Å². The van der Waals surface area contributed by atoms with Gasteiger partial charge in [0.2, 0.25) is 11.8 Å². The van der Waals surface area contributed by atoms with E-state index in [1.165, 1.54) is 12.3 Å². The van der Waals surface area contributed by atoms with Crippen LogP contribution in [0.1, 0.15) is 32.0 Å². The van der Waals surface area contributed by atoms with Crippen LogP contribution in [0.2, 0.25) is 0 Å². The zero-order chi connectivity index (χ0) is 24.5. The summed E-state index contributed by atoms with van der Waals surface area (Å²) in [6.07, 6.45) is -2.14. The molecule has 0 saturated heterocycles. The highest BCUT2D eigenvalue weighted by Crippen LogP contribution is 2.43. The fourth-order valence-corrected chi connectivity index (χ4v) is 4.22. The molecule has 0 aliphatic rings. The predicted octanol–water partition coefficient (Wildman–Crippen LogP) is 7.59. The lowest BCUT2D eigenvalue weighted by molar-refractivity contribution is -0.140. The van der Waals surface area contributed by atoms with Crippen LogP contribution in [-0.2, 0) is 11.6 Å². The Kier molecular flexibility index (Phi) is 6.26. The van der Waals surface area contributed by atoms with Crippen molar-refractivity contribution in [3.05, 3.63) is 78.1 Å². The molecule has 3 heterocycles. The van der Waals surface area contributed by atoms with Gasteiger partial charge in [0.25, 0.3) is 0 Å². The van der Waals surface area contributed by atoms with E-state index in [2.05, 4.69) is 20.3 Å². The summed E-state index contributed by atoms with van der Waals surface area (Å²) in [6, 6.07) is 13.0. The minimum Gasteiger partial charge on any atom is -0.437 e. The third kappa shape index (κ3) is 5.17. The standard InChI is InChI=1S/C24H20F4N4OS/c1-23(2,3)15-7-4-5-9-17(15)33-21-16(8-6-12-29-21)31-22-32-20(24(26,27)28)19(34-22)14-10-11-18(25)30-13-14/h4-13H,1-3H3,(H,31,32)/i25-1. The first-order chi connectivity index (χ1) is 16.0. The summed E-state index contributed by atoms with van der Waals surface area (Å²) < 4.78 is 60.3. The molecule has 0 aliphatic heterocycles. The summed E-state index contributed by atoms with van der Waals surface area (Å²) in [5, 5.41) is 2.87. The second-order valence-corrected chi connectivity index (χ2v) is 9.39. The Morgan fingerprint density at radius 3 is 2.38 bits per heavy atom. The minimum absolute atomic E-state index is 0.0198. The summed E-state index contributed by atoms with van der Waals surface area (Å²) in [4.78, 5) is 11.3. The van der Waals surface area contributed by atoms with Crippen molar-refractivity contribution in [1.82, 2.24) is 15.0 Å². The SMILES string of the molecule is CC(C)(C)c1ccccc1Oc1ncccc1Nc1nc(C(F)(F)F)c(-c2ccc([18F])nc2)s1. The van der Waals surface area contributed by atoms with Crippen LogP contribution in [0.4, 0.5) is 28.4 Å². The molecule has 0 fully saturated rings. The van der Waals surface area contributed by atoms with Gasteiger partial charge in [0.15, 0.2) is 10.8 Å². The first kappa shape index (κ1) is 23.6. The Bertz CT molecular complexity index is 1300. The van der Waals surface area contributed by atoms with Gasteiger partial charge in [-0.2, -0.15) is 17.6 Å². The van der Waals surface area contributed by atoms with Gasteiger partial charge in [0.05, 0.1) is 4.88 Å². The Balaban J connectivity index is 1.70. The van der Waals surface area contributed by atoms with Crippen LogP contribution in [0.25, 0.3) is 10.4 Å². The molecule has 0 saturated carbocycles. The quantitative estimate of drug-likeness (QED) is 0.232. The summed E-state index contributed by atoms with van der Waals surface area (Å²) in [5.41, 5.74) is 0.121. The normalized spacial score (nSPS) is 12.0. The average molecular weight is 488 g/mol. The van der Waals surface area contributed by atoms with Crippen LogP contribution in [0.5, 0.6) is 11.6 Å². The van der Waals surface area contributed by atoms with E-state index in [1.807, 2.05) is 45.0 Å². The Hall–Kier alpha value is -3.53. The van der Waals surface area contributed by atoms with Crippen LogP contribution >= 0.6 is 11.3 Å². The van der Waals surface area contributed by atoms with Crippen molar-refractivity contribution in [1.29, 1.82) is 0 Å². The summed E-state index contributed by atoms with van der Waals surface area (Å²) >= 11 is 0.775. The summed E-state index contributed by atoms with van der Waals surface area (Å²) in [5.74, 6) is -0.00855. The van der Waals surface area contributed by atoms with Crippen molar-refractivity contribution in [2.75, 3.05) is 5.32 Å². The number of pyridine rings is 2. The van der Waals surface area contributed by atoms with Gasteiger partial charge >= 0.3 is 6.18 Å². The number of nitrogens with one attached hydrogen (secondary N) is 1. The highest BCUT2D eigenvalue weighted by molar-refractivity contribution is 7.19. The van der Waals surface area contributed by atoms with Gasteiger partial charge in [-0.1, -0.05) is 50.3 Å². The second kappa shape index (κ2) is 9.02. The van der Waals surface area contributed by atoms with Gasteiger partial charge in [-0.3, -0.25) is 0 Å². The van der Waals surface area contributed by atoms with Crippen molar-refractivity contribution in [2.24, 2.45) is 0 Å². The number of alkyl halides is 3. The second-order valence-electron chi connectivity index (χ2n) is 8.39. The molecule has 0 atom stereocenters. The fraction of sp³-hybridized carbons (Fsp3) is 0.208. The van der Waals surface area contributed by atoms with Gasteiger partial charge in [-0.25, -0.2) is 15.0 Å². The molecule has 1 aromatic carbocycles. The van der Waals surface area contributed by atoms with Crippen LogP contribution < -0.4 is 10.1 Å². The average Bonchev–Trinajstić information content (AvgIpc) is 3.20. The molecule has 5 nitrogen and oxygen atoms in total. The molecule has 3 aromatic heterocycles. The Morgan fingerprint density at radius 1 is 0.941 bits per heavy atom.